The molecule has 2 aromatic heterocycles. The number of aromatic nitrogens is 3. The zero-order valence-electron chi connectivity index (χ0n) is 9.39. The number of nitrogens with zero attached hydrogens (tertiary/aromatic N) is 4. The second-order valence-corrected chi connectivity index (χ2v) is 6.14. The molecule has 19 heavy (non-hydrogen) atoms. The molecule has 0 spiro atoms. The molecule has 3 aromatic rings. The molecule has 2 heterocycles. The Hall–Kier alpha value is -1.89. The van der Waals surface area contributed by atoms with Crippen molar-refractivity contribution in [2.75, 3.05) is 0 Å². The zero-order chi connectivity index (χ0) is 13.4. The van der Waals surface area contributed by atoms with Gasteiger partial charge in [0.05, 0.1) is 0 Å². The second kappa shape index (κ2) is 4.65. The number of nitro benzene ring substituents is 1. The molecule has 3 rings (SSSR count). The molecular formula is C11H6N4O2SSe. The van der Waals surface area contributed by atoms with Gasteiger partial charge in [0.2, 0.25) is 0 Å². The van der Waals surface area contributed by atoms with Gasteiger partial charge in [-0.15, -0.1) is 0 Å². The van der Waals surface area contributed by atoms with E-state index in [2.05, 4.69) is 9.97 Å². The van der Waals surface area contributed by atoms with Crippen LogP contribution in [0.25, 0.3) is 15.6 Å². The number of nitro groups is 1. The Balaban J connectivity index is 2.27. The van der Waals surface area contributed by atoms with Crippen LogP contribution in [0.5, 0.6) is 0 Å². The van der Waals surface area contributed by atoms with Crippen LogP contribution in [-0.2, 0) is 0 Å². The number of benzene rings is 1. The molecule has 94 valence electrons. The Morgan fingerprint density at radius 1 is 1.32 bits per heavy atom. The van der Waals surface area contributed by atoms with Crippen molar-refractivity contribution in [2.45, 2.75) is 0 Å². The Morgan fingerprint density at radius 3 is 2.74 bits per heavy atom. The van der Waals surface area contributed by atoms with Crippen molar-refractivity contribution in [1.29, 1.82) is 0 Å². The number of hydrogen-bond acceptors (Lipinski definition) is 5. The van der Waals surface area contributed by atoms with Gasteiger partial charge in [0.25, 0.3) is 0 Å². The van der Waals surface area contributed by atoms with E-state index in [1.807, 2.05) is 3.56 Å². The molecule has 0 radical (unpaired) electrons. The van der Waals surface area contributed by atoms with E-state index in [-0.39, 0.29) is 20.4 Å². The number of hydrogen-bond donors (Lipinski definition) is 0. The second-order valence-electron chi connectivity index (χ2n) is 3.68. The number of fused-ring (bicyclic) bond motifs is 1. The van der Waals surface area contributed by atoms with E-state index < -0.39 is 4.92 Å². The monoisotopic (exact) mass is 338 g/mol. The summed E-state index contributed by atoms with van der Waals surface area (Å²) in [5, 5.41) is 11.5. The first-order chi connectivity index (χ1) is 9.16. The third-order valence-corrected chi connectivity index (χ3v) is 5.44. The summed E-state index contributed by atoms with van der Waals surface area (Å²) in [5.74, 6) is 0.534. The van der Waals surface area contributed by atoms with Gasteiger partial charge in [-0.3, -0.25) is 0 Å². The summed E-state index contributed by atoms with van der Waals surface area (Å²) < 4.78 is 3.39. The summed E-state index contributed by atoms with van der Waals surface area (Å²) in [7, 11) is 0. The van der Waals surface area contributed by atoms with Gasteiger partial charge in [-0.2, -0.15) is 0 Å². The average molecular weight is 337 g/mol. The molecule has 6 nitrogen and oxygen atoms in total. The molecule has 0 saturated heterocycles. The molecule has 0 aliphatic carbocycles. The first-order valence-corrected chi connectivity index (χ1v) is 7.28. The third kappa shape index (κ3) is 2.10. The molecule has 0 unspecified atom stereocenters. The molecule has 0 atom stereocenters. The Morgan fingerprint density at radius 2 is 2.05 bits per heavy atom. The Bertz CT molecular complexity index is 828. The van der Waals surface area contributed by atoms with Crippen LogP contribution in [0.15, 0.2) is 36.7 Å². The van der Waals surface area contributed by atoms with Gasteiger partial charge >= 0.3 is 118 Å². The van der Waals surface area contributed by atoms with Gasteiger partial charge in [-0.1, -0.05) is 0 Å². The van der Waals surface area contributed by atoms with Crippen LogP contribution in [0.1, 0.15) is 0 Å². The Labute approximate surface area is 118 Å². The van der Waals surface area contributed by atoms with Crippen molar-refractivity contribution in [2.24, 2.45) is 0 Å². The minimum atomic E-state index is -0.419. The van der Waals surface area contributed by atoms with Crippen LogP contribution < -0.4 is 0 Å². The van der Waals surface area contributed by atoms with Crippen LogP contribution >= 0.6 is 12.2 Å². The molecule has 0 saturated carbocycles. The average Bonchev–Trinajstić information content (AvgIpc) is 2.77. The maximum atomic E-state index is 10.8. The van der Waals surface area contributed by atoms with Crippen LogP contribution in [0.3, 0.4) is 0 Å². The van der Waals surface area contributed by atoms with E-state index >= 15 is 0 Å². The fourth-order valence-electron chi connectivity index (χ4n) is 1.66. The quantitative estimate of drug-likeness (QED) is 0.310. The fourth-order valence-corrected chi connectivity index (χ4v) is 4.21. The van der Waals surface area contributed by atoms with Crippen molar-refractivity contribution in [3.05, 3.63) is 51.4 Å². The Kier molecular flexibility index (Phi) is 2.98. The summed E-state index contributed by atoms with van der Waals surface area (Å²) in [6.07, 6.45) is 3.29. The van der Waals surface area contributed by atoms with Crippen LogP contribution in [0.2, 0.25) is 0 Å². The van der Waals surface area contributed by atoms with E-state index in [1.165, 1.54) is 12.1 Å². The molecule has 0 amide bonds. The fraction of sp³-hybridized carbons (Fsp3) is 0. The standard InChI is InChI=1S/C11H6N4O2SSe/c16-15(17)7-2-3-9-8(6-7)10(18)14(19-9)11-12-4-1-5-13-11/h1-6H. The predicted molar refractivity (Wildman–Crippen MR) is 73.3 cm³/mol. The summed E-state index contributed by atoms with van der Waals surface area (Å²) >= 11 is 5.28. The van der Waals surface area contributed by atoms with E-state index in [1.54, 1.807) is 24.5 Å². The van der Waals surface area contributed by atoms with Gasteiger partial charge in [-0.25, -0.2) is 0 Å². The summed E-state index contributed by atoms with van der Waals surface area (Å²) in [4.78, 5) is 18.7. The van der Waals surface area contributed by atoms with Gasteiger partial charge in [0.1, 0.15) is 0 Å². The van der Waals surface area contributed by atoms with Crippen molar-refractivity contribution in [3.8, 4) is 5.95 Å². The van der Waals surface area contributed by atoms with E-state index in [0.29, 0.717) is 10.6 Å². The normalized spacial score (nSPS) is 10.7. The molecule has 0 fully saturated rings. The third-order valence-electron chi connectivity index (χ3n) is 2.51. The minimum absolute atomic E-state index is 0.0488. The first kappa shape index (κ1) is 12.2. The van der Waals surface area contributed by atoms with Gasteiger partial charge in [-0.05, 0) is 0 Å². The number of non-ortho nitro benzene ring substituents is 1. The van der Waals surface area contributed by atoms with Crippen molar-refractivity contribution in [3.63, 3.8) is 0 Å². The molecular weight excluding hydrogens is 331 g/mol. The van der Waals surface area contributed by atoms with E-state index in [9.17, 15) is 10.1 Å². The van der Waals surface area contributed by atoms with Gasteiger partial charge in [0, 0.05) is 0 Å². The van der Waals surface area contributed by atoms with E-state index in [4.69, 9.17) is 12.2 Å². The summed E-state index contributed by atoms with van der Waals surface area (Å²) in [6.45, 7) is 0. The molecule has 8 heteroatoms. The van der Waals surface area contributed by atoms with Gasteiger partial charge < -0.3 is 0 Å². The maximum absolute atomic E-state index is 10.8. The van der Waals surface area contributed by atoms with Gasteiger partial charge in [0.15, 0.2) is 0 Å². The summed E-state index contributed by atoms with van der Waals surface area (Å²) in [5.41, 5.74) is 0.0488. The van der Waals surface area contributed by atoms with Crippen LogP contribution in [0, 0.1) is 14.8 Å². The number of rotatable bonds is 2. The van der Waals surface area contributed by atoms with E-state index in [0.717, 1.165) is 9.65 Å². The molecule has 0 aliphatic heterocycles. The molecule has 0 bridgehead atoms. The molecule has 1 aromatic carbocycles. The topological polar surface area (TPSA) is 73.8 Å². The zero-order valence-corrected chi connectivity index (χ0v) is 11.9. The van der Waals surface area contributed by atoms with Crippen molar-refractivity contribution >= 4 is 42.3 Å². The molecule has 0 aliphatic rings. The SMILES string of the molecule is O=[N+]([O-])c1ccc2[se]n(-c3ncccn3)c(=S)c2c1. The van der Waals surface area contributed by atoms with Crippen molar-refractivity contribution < 1.29 is 4.92 Å². The van der Waals surface area contributed by atoms with Crippen molar-refractivity contribution in [1.82, 2.24) is 13.5 Å². The van der Waals surface area contributed by atoms with Crippen LogP contribution in [0.4, 0.5) is 5.69 Å². The molecule has 0 N–H and O–H groups in total. The van der Waals surface area contributed by atoms with Crippen LogP contribution in [-0.4, -0.2) is 33.2 Å². The summed E-state index contributed by atoms with van der Waals surface area (Å²) in [6, 6.07) is 6.50. The predicted octanol–water partition coefficient (Wildman–Crippen LogP) is 2.12. The first-order valence-electron chi connectivity index (χ1n) is 5.25.